The molecule has 0 spiro atoms. The SMILES string of the molecule is CC(/C=C/[C@@H](C)[C@H]1C[C@H](O)[C@@H]2[C@]1(C)CC[C@@H]1[C@@]3(C)CC[C@H](O[C@@H]4OC[C@@H](O)C(O)[C@@H]4O)C[C@@H]3[C@H](O)C[C@]12O)COS(=O)(=O)O. The number of hydrogen-bond acceptors (Lipinski definition) is 11. The van der Waals surface area contributed by atoms with E-state index in [0.717, 1.165) is 12.8 Å². The van der Waals surface area contributed by atoms with Crippen LogP contribution in [0.25, 0.3) is 0 Å². The van der Waals surface area contributed by atoms with E-state index in [9.17, 15) is 39.1 Å². The minimum Gasteiger partial charge on any atom is -0.393 e. The fourth-order valence-corrected chi connectivity index (χ4v) is 10.7. The monoisotopic (exact) mass is 648 g/mol. The molecule has 0 aromatic rings. The molecular formula is C31H52O12S. The van der Waals surface area contributed by atoms with Crippen LogP contribution in [0, 0.1) is 46.3 Å². The summed E-state index contributed by atoms with van der Waals surface area (Å²) in [6, 6.07) is 0. The molecule has 13 heteroatoms. The second kappa shape index (κ2) is 12.4. The highest BCUT2D eigenvalue weighted by Crippen LogP contribution is 2.69. The molecule has 0 aromatic heterocycles. The molecule has 1 saturated heterocycles. The van der Waals surface area contributed by atoms with Crippen molar-refractivity contribution < 1.29 is 57.3 Å². The Bertz CT molecular complexity index is 1170. The summed E-state index contributed by atoms with van der Waals surface area (Å²) >= 11 is 0. The first-order valence-electron chi connectivity index (χ1n) is 16.1. The van der Waals surface area contributed by atoms with Gasteiger partial charge in [-0.1, -0.05) is 39.8 Å². The van der Waals surface area contributed by atoms with Crippen molar-refractivity contribution in [2.45, 2.75) is 121 Å². The number of aliphatic hydroxyl groups is 6. The largest absolute Gasteiger partial charge is 0.397 e. The maximum Gasteiger partial charge on any atom is 0.397 e. The molecule has 5 aliphatic rings. The molecule has 0 radical (unpaired) electrons. The maximum atomic E-state index is 12.6. The second-order valence-electron chi connectivity index (χ2n) is 15.1. The number of hydrogen-bond donors (Lipinski definition) is 7. The van der Waals surface area contributed by atoms with Gasteiger partial charge in [0.1, 0.15) is 18.3 Å². The van der Waals surface area contributed by atoms with Gasteiger partial charge in [0.15, 0.2) is 6.29 Å². The molecule has 1 heterocycles. The average Bonchev–Trinajstić information content (AvgIpc) is 3.22. The Morgan fingerprint density at radius 2 is 1.61 bits per heavy atom. The number of fused-ring (bicyclic) bond motifs is 5. The van der Waals surface area contributed by atoms with E-state index in [1.54, 1.807) is 6.92 Å². The van der Waals surface area contributed by atoms with E-state index in [2.05, 4.69) is 25.0 Å². The van der Waals surface area contributed by atoms with Crippen molar-refractivity contribution in [2.24, 2.45) is 46.3 Å². The molecule has 0 aromatic carbocycles. The van der Waals surface area contributed by atoms with Crippen LogP contribution in [0.2, 0.25) is 0 Å². The second-order valence-corrected chi connectivity index (χ2v) is 16.2. The van der Waals surface area contributed by atoms with Gasteiger partial charge in [-0.15, -0.1) is 0 Å². The Morgan fingerprint density at radius 3 is 2.30 bits per heavy atom. The molecule has 4 saturated carbocycles. The molecule has 1 aliphatic heterocycles. The van der Waals surface area contributed by atoms with Crippen LogP contribution in [0.15, 0.2) is 12.2 Å². The van der Waals surface area contributed by atoms with E-state index in [1.807, 2.05) is 12.2 Å². The molecule has 44 heavy (non-hydrogen) atoms. The van der Waals surface area contributed by atoms with Gasteiger partial charge in [0.05, 0.1) is 37.1 Å². The van der Waals surface area contributed by atoms with Gasteiger partial charge < -0.3 is 40.1 Å². The van der Waals surface area contributed by atoms with E-state index < -0.39 is 64.1 Å². The van der Waals surface area contributed by atoms with Gasteiger partial charge in [0.2, 0.25) is 0 Å². The lowest BCUT2D eigenvalue weighted by Crippen LogP contribution is -2.68. The predicted molar refractivity (Wildman–Crippen MR) is 157 cm³/mol. The van der Waals surface area contributed by atoms with E-state index >= 15 is 0 Å². The molecular weight excluding hydrogens is 596 g/mol. The van der Waals surface area contributed by atoms with E-state index in [4.69, 9.17) is 14.0 Å². The molecule has 16 atom stereocenters. The van der Waals surface area contributed by atoms with Crippen LogP contribution < -0.4 is 0 Å². The number of aliphatic hydroxyl groups excluding tert-OH is 5. The van der Waals surface area contributed by atoms with Gasteiger partial charge in [0, 0.05) is 12.3 Å². The Kier molecular flexibility index (Phi) is 9.75. The molecule has 5 rings (SSSR count). The predicted octanol–water partition coefficient (Wildman–Crippen LogP) is 1.17. The lowest BCUT2D eigenvalue weighted by molar-refractivity contribution is -0.300. The highest BCUT2D eigenvalue weighted by Gasteiger charge is 2.70. The van der Waals surface area contributed by atoms with E-state index in [1.165, 1.54) is 0 Å². The summed E-state index contributed by atoms with van der Waals surface area (Å²) in [6.07, 6.45) is 0.967. The third-order valence-corrected chi connectivity index (χ3v) is 12.8. The first kappa shape index (κ1) is 34.6. The molecule has 2 unspecified atom stereocenters. The van der Waals surface area contributed by atoms with Crippen molar-refractivity contribution in [1.82, 2.24) is 0 Å². The fraction of sp³-hybridized carbons (Fsp3) is 0.935. The van der Waals surface area contributed by atoms with E-state index in [-0.39, 0.29) is 60.7 Å². The Morgan fingerprint density at radius 1 is 0.932 bits per heavy atom. The third-order valence-electron chi connectivity index (χ3n) is 12.4. The highest BCUT2D eigenvalue weighted by molar-refractivity contribution is 7.80. The molecule has 7 N–H and O–H groups in total. The summed E-state index contributed by atoms with van der Waals surface area (Å²) in [5.74, 6) is -0.906. The van der Waals surface area contributed by atoms with Crippen molar-refractivity contribution in [3.63, 3.8) is 0 Å². The summed E-state index contributed by atoms with van der Waals surface area (Å²) in [5, 5.41) is 65.9. The summed E-state index contributed by atoms with van der Waals surface area (Å²) in [7, 11) is -4.51. The topological polar surface area (TPSA) is 203 Å². The lowest BCUT2D eigenvalue weighted by Gasteiger charge is -2.66. The first-order chi connectivity index (χ1) is 20.4. The summed E-state index contributed by atoms with van der Waals surface area (Å²) < 4.78 is 46.8. The summed E-state index contributed by atoms with van der Waals surface area (Å²) in [4.78, 5) is 0. The van der Waals surface area contributed by atoms with Gasteiger partial charge in [-0.05, 0) is 78.9 Å². The van der Waals surface area contributed by atoms with Crippen molar-refractivity contribution in [2.75, 3.05) is 13.2 Å². The number of ether oxygens (including phenoxy) is 2. The van der Waals surface area contributed by atoms with Crippen molar-refractivity contribution >= 4 is 10.4 Å². The van der Waals surface area contributed by atoms with Crippen molar-refractivity contribution in [3.8, 4) is 0 Å². The van der Waals surface area contributed by atoms with Gasteiger partial charge >= 0.3 is 10.4 Å². The molecule has 4 aliphatic carbocycles. The Balaban J connectivity index is 1.29. The van der Waals surface area contributed by atoms with Crippen LogP contribution in [0.1, 0.15) is 72.6 Å². The zero-order chi connectivity index (χ0) is 32.4. The molecule has 5 fully saturated rings. The lowest BCUT2D eigenvalue weighted by atomic mass is 9.42. The van der Waals surface area contributed by atoms with Crippen LogP contribution in [0.5, 0.6) is 0 Å². The van der Waals surface area contributed by atoms with Crippen LogP contribution >= 0.6 is 0 Å². The first-order valence-corrected chi connectivity index (χ1v) is 17.5. The zero-order valence-corrected chi connectivity index (χ0v) is 26.9. The minimum atomic E-state index is -4.51. The minimum absolute atomic E-state index is 0.0226. The zero-order valence-electron chi connectivity index (χ0n) is 26.1. The van der Waals surface area contributed by atoms with Gasteiger partial charge in [-0.25, -0.2) is 4.18 Å². The Hall–Kier alpha value is -0.710. The molecule has 0 bridgehead atoms. The van der Waals surface area contributed by atoms with E-state index in [0.29, 0.717) is 25.7 Å². The smallest absolute Gasteiger partial charge is 0.393 e. The molecule has 0 amide bonds. The van der Waals surface area contributed by atoms with Gasteiger partial charge in [0.25, 0.3) is 0 Å². The van der Waals surface area contributed by atoms with Crippen LogP contribution in [-0.2, 0) is 24.1 Å². The quantitative estimate of drug-likeness (QED) is 0.113. The summed E-state index contributed by atoms with van der Waals surface area (Å²) in [5.41, 5.74) is -2.05. The number of allylic oxidation sites excluding steroid dienone is 1. The van der Waals surface area contributed by atoms with Crippen LogP contribution in [0.4, 0.5) is 0 Å². The van der Waals surface area contributed by atoms with Crippen molar-refractivity contribution in [1.29, 1.82) is 0 Å². The van der Waals surface area contributed by atoms with Gasteiger partial charge in [-0.2, -0.15) is 8.42 Å². The number of rotatable bonds is 8. The van der Waals surface area contributed by atoms with Gasteiger partial charge in [-0.3, -0.25) is 4.55 Å². The van der Waals surface area contributed by atoms with Crippen LogP contribution in [0.3, 0.4) is 0 Å². The van der Waals surface area contributed by atoms with Crippen LogP contribution in [-0.4, -0.2) is 105 Å². The standard InChI is InChI=1S/C31H52O12S/c1-16(14-42-44(38,39)40)5-6-17(2)19-12-21(32)27-30(19,4)10-8-24-29(3)9-7-18(11-20(29)22(33)13-31(24,27)37)43-28-26(36)25(35)23(34)15-41-28/h5-6,16-28,32-37H,7-15H2,1-4H3,(H,38,39,40)/b6-5+/t16?,17-,18+,19-,20-,21+,22-,23-,24-,25?,26+,27-,28+,29+,30-,31+/m1/s1. The van der Waals surface area contributed by atoms with Crippen molar-refractivity contribution in [3.05, 3.63) is 12.2 Å². The Labute approximate surface area is 260 Å². The highest BCUT2D eigenvalue weighted by atomic mass is 32.3. The normalized spacial score (nSPS) is 50.9. The molecule has 254 valence electrons. The fourth-order valence-electron chi connectivity index (χ4n) is 10.3. The maximum absolute atomic E-state index is 12.6. The third kappa shape index (κ3) is 6.16. The average molecular weight is 649 g/mol. The molecule has 12 nitrogen and oxygen atoms in total. The summed E-state index contributed by atoms with van der Waals surface area (Å²) in [6.45, 7) is 7.81.